The summed E-state index contributed by atoms with van der Waals surface area (Å²) in [5.74, 6) is 1.04. The van der Waals surface area contributed by atoms with Gasteiger partial charge in [-0.05, 0) is 31.0 Å². The van der Waals surface area contributed by atoms with Crippen LogP contribution in [0, 0.1) is 5.92 Å². The van der Waals surface area contributed by atoms with Gasteiger partial charge in [-0.25, -0.2) is 4.79 Å². The van der Waals surface area contributed by atoms with Crippen LogP contribution in [0.25, 0.3) is 0 Å². The molecule has 3 rings (SSSR count). The van der Waals surface area contributed by atoms with Crippen molar-refractivity contribution in [3.8, 4) is 0 Å². The SMILES string of the molecule is CC(NC(=O)NC[C@H]1CCO[C@@H]1c1ccccc1)c1ccco1. The molecule has 0 spiro atoms. The lowest BCUT2D eigenvalue weighted by atomic mass is 9.95. The molecule has 23 heavy (non-hydrogen) atoms. The largest absolute Gasteiger partial charge is 0.467 e. The number of carbonyl (C=O) groups excluding carboxylic acids is 1. The highest BCUT2D eigenvalue weighted by molar-refractivity contribution is 5.74. The summed E-state index contributed by atoms with van der Waals surface area (Å²) < 4.78 is 11.1. The summed E-state index contributed by atoms with van der Waals surface area (Å²) in [6.07, 6.45) is 2.61. The molecular weight excluding hydrogens is 292 g/mol. The van der Waals surface area contributed by atoms with Gasteiger partial charge < -0.3 is 19.8 Å². The summed E-state index contributed by atoms with van der Waals surface area (Å²) in [5.41, 5.74) is 1.17. The highest BCUT2D eigenvalue weighted by Crippen LogP contribution is 2.33. The lowest BCUT2D eigenvalue weighted by Crippen LogP contribution is -2.39. The first-order valence-electron chi connectivity index (χ1n) is 7.98. The number of amides is 2. The van der Waals surface area contributed by atoms with Crippen LogP contribution in [0.15, 0.2) is 53.1 Å². The van der Waals surface area contributed by atoms with E-state index in [2.05, 4.69) is 22.8 Å². The highest BCUT2D eigenvalue weighted by atomic mass is 16.5. The van der Waals surface area contributed by atoms with Crippen molar-refractivity contribution in [3.05, 3.63) is 60.1 Å². The standard InChI is InChI=1S/C18H22N2O3/c1-13(16-8-5-10-22-16)20-18(21)19-12-15-9-11-23-17(15)14-6-3-2-4-7-14/h2-8,10,13,15,17H,9,11-12H2,1H3,(H2,19,20,21)/t13?,15-,17-/m1/s1. The van der Waals surface area contributed by atoms with Crippen molar-refractivity contribution in [3.63, 3.8) is 0 Å². The molecule has 1 aromatic carbocycles. The van der Waals surface area contributed by atoms with E-state index in [4.69, 9.17) is 9.15 Å². The number of hydrogen-bond donors (Lipinski definition) is 2. The number of furan rings is 1. The minimum atomic E-state index is -0.187. The van der Waals surface area contributed by atoms with Gasteiger partial charge in [-0.1, -0.05) is 30.3 Å². The van der Waals surface area contributed by atoms with Gasteiger partial charge in [0.05, 0.1) is 18.4 Å². The molecule has 1 unspecified atom stereocenters. The van der Waals surface area contributed by atoms with E-state index in [9.17, 15) is 4.79 Å². The van der Waals surface area contributed by atoms with Gasteiger partial charge in [-0.3, -0.25) is 0 Å². The molecule has 1 saturated heterocycles. The number of hydrogen-bond acceptors (Lipinski definition) is 3. The van der Waals surface area contributed by atoms with Gasteiger partial charge in [0.25, 0.3) is 0 Å². The van der Waals surface area contributed by atoms with Gasteiger partial charge in [0.2, 0.25) is 0 Å². The average molecular weight is 314 g/mol. The average Bonchev–Trinajstić information content (AvgIpc) is 3.25. The predicted molar refractivity (Wildman–Crippen MR) is 86.9 cm³/mol. The van der Waals surface area contributed by atoms with Gasteiger partial charge >= 0.3 is 6.03 Å². The maximum Gasteiger partial charge on any atom is 0.315 e. The van der Waals surface area contributed by atoms with Gasteiger partial charge in [0, 0.05) is 19.1 Å². The fourth-order valence-electron chi connectivity index (χ4n) is 2.93. The van der Waals surface area contributed by atoms with Crippen LogP contribution in [0.3, 0.4) is 0 Å². The zero-order valence-electron chi connectivity index (χ0n) is 13.2. The van der Waals surface area contributed by atoms with Crippen LogP contribution in [-0.4, -0.2) is 19.2 Å². The minimum Gasteiger partial charge on any atom is -0.467 e. The molecule has 3 atom stereocenters. The second-order valence-electron chi connectivity index (χ2n) is 5.84. The smallest absolute Gasteiger partial charge is 0.315 e. The zero-order chi connectivity index (χ0) is 16.1. The van der Waals surface area contributed by atoms with Gasteiger partial charge in [0.15, 0.2) is 0 Å². The molecule has 122 valence electrons. The Kier molecular flexibility index (Phi) is 4.98. The van der Waals surface area contributed by atoms with Crippen LogP contribution in [0.5, 0.6) is 0 Å². The Morgan fingerprint density at radius 1 is 1.26 bits per heavy atom. The predicted octanol–water partition coefficient (Wildman–Crippen LogP) is 3.42. The van der Waals surface area contributed by atoms with Crippen molar-refractivity contribution >= 4 is 6.03 Å². The van der Waals surface area contributed by atoms with E-state index >= 15 is 0 Å². The Morgan fingerprint density at radius 3 is 2.83 bits per heavy atom. The first-order chi connectivity index (χ1) is 11.2. The third kappa shape index (κ3) is 3.93. The summed E-state index contributed by atoms with van der Waals surface area (Å²) in [6, 6.07) is 13.5. The van der Waals surface area contributed by atoms with Crippen LogP contribution in [0.1, 0.15) is 36.8 Å². The maximum absolute atomic E-state index is 12.0. The molecule has 1 aliphatic rings. The molecule has 0 aliphatic carbocycles. The molecular formula is C18H22N2O3. The van der Waals surface area contributed by atoms with E-state index in [1.807, 2.05) is 37.3 Å². The van der Waals surface area contributed by atoms with E-state index in [1.165, 1.54) is 5.56 Å². The number of urea groups is 1. The van der Waals surface area contributed by atoms with Crippen molar-refractivity contribution in [1.29, 1.82) is 0 Å². The first-order valence-corrected chi connectivity index (χ1v) is 7.98. The molecule has 2 N–H and O–H groups in total. The lowest BCUT2D eigenvalue weighted by Gasteiger charge is -2.20. The van der Waals surface area contributed by atoms with Crippen LogP contribution >= 0.6 is 0 Å². The van der Waals surface area contributed by atoms with Crippen LogP contribution in [0.2, 0.25) is 0 Å². The molecule has 2 heterocycles. The Morgan fingerprint density at radius 2 is 2.09 bits per heavy atom. The lowest BCUT2D eigenvalue weighted by molar-refractivity contribution is 0.0909. The van der Waals surface area contributed by atoms with Crippen molar-refractivity contribution in [1.82, 2.24) is 10.6 Å². The maximum atomic E-state index is 12.0. The molecule has 1 aliphatic heterocycles. The normalized spacial score (nSPS) is 21.8. The molecule has 0 bridgehead atoms. The van der Waals surface area contributed by atoms with Crippen molar-refractivity contribution in [2.45, 2.75) is 25.5 Å². The Balaban J connectivity index is 1.50. The van der Waals surface area contributed by atoms with Crippen molar-refractivity contribution < 1.29 is 13.9 Å². The summed E-state index contributed by atoms with van der Waals surface area (Å²) >= 11 is 0. The summed E-state index contributed by atoms with van der Waals surface area (Å²) in [7, 11) is 0. The van der Waals surface area contributed by atoms with E-state index in [1.54, 1.807) is 6.26 Å². The van der Waals surface area contributed by atoms with Crippen LogP contribution < -0.4 is 10.6 Å². The molecule has 2 amide bonds. The third-order valence-corrected chi connectivity index (χ3v) is 4.18. The quantitative estimate of drug-likeness (QED) is 0.889. The second-order valence-corrected chi connectivity index (χ2v) is 5.84. The summed E-state index contributed by atoms with van der Waals surface area (Å²) in [4.78, 5) is 12.0. The number of rotatable bonds is 5. The first kappa shape index (κ1) is 15.6. The fourth-order valence-corrected chi connectivity index (χ4v) is 2.93. The third-order valence-electron chi connectivity index (χ3n) is 4.18. The minimum absolute atomic E-state index is 0.0546. The van der Waals surface area contributed by atoms with E-state index in [0.717, 1.165) is 18.8 Å². The molecule has 5 heteroatoms. The van der Waals surface area contributed by atoms with Crippen LogP contribution in [0.4, 0.5) is 4.79 Å². The van der Waals surface area contributed by atoms with Crippen molar-refractivity contribution in [2.24, 2.45) is 5.92 Å². The van der Waals surface area contributed by atoms with E-state index in [-0.39, 0.29) is 18.2 Å². The van der Waals surface area contributed by atoms with Gasteiger partial charge in [0.1, 0.15) is 5.76 Å². The molecule has 1 aromatic heterocycles. The number of carbonyl (C=O) groups is 1. The van der Waals surface area contributed by atoms with Gasteiger partial charge in [-0.2, -0.15) is 0 Å². The number of nitrogens with one attached hydrogen (secondary N) is 2. The number of ether oxygens (including phenoxy) is 1. The Hall–Kier alpha value is -2.27. The molecule has 0 saturated carbocycles. The Labute approximate surface area is 136 Å². The topological polar surface area (TPSA) is 63.5 Å². The second kappa shape index (κ2) is 7.33. The van der Waals surface area contributed by atoms with Gasteiger partial charge in [-0.15, -0.1) is 0 Å². The number of benzene rings is 1. The fraction of sp³-hybridized carbons (Fsp3) is 0.389. The summed E-state index contributed by atoms with van der Waals surface area (Å²) in [6.45, 7) is 3.22. The molecule has 1 fully saturated rings. The van der Waals surface area contributed by atoms with Crippen molar-refractivity contribution in [2.75, 3.05) is 13.2 Å². The highest BCUT2D eigenvalue weighted by Gasteiger charge is 2.29. The van der Waals surface area contributed by atoms with E-state index in [0.29, 0.717) is 12.5 Å². The van der Waals surface area contributed by atoms with Crippen LogP contribution in [-0.2, 0) is 4.74 Å². The Bertz CT molecular complexity index is 612. The molecule has 5 nitrogen and oxygen atoms in total. The summed E-state index contributed by atoms with van der Waals surface area (Å²) in [5, 5.41) is 5.82. The monoisotopic (exact) mass is 314 g/mol. The van der Waals surface area contributed by atoms with E-state index < -0.39 is 0 Å². The molecule has 0 radical (unpaired) electrons. The molecule has 2 aromatic rings. The zero-order valence-corrected chi connectivity index (χ0v) is 13.2.